The van der Waals surface area contributed by atoms with E-state index in [1.807, 2.05) is 18.2 Å². The van der Waals surface area contributed by atoms with Gasteiger partial charge in [-0.3, -0.25) is 0 Å². The summed E-state index contributed by atoms with van der Waals surface area (Å²) >= 11 is 0. The number of pyridine rings is 1. The van der Waals surface area contributed by atoms with Crippen LogP contribution >= 0.6 is 0 Å². The summed E-state index contributed by atoms with van der Waals surface area (Å²) in [5.74, 6) is 1.08. The molecule has 1 radical (unpaired) electrons. The second-order valence-corrected chi connectivity index (χ2v) is 5.12. The minimum Gasteiger partial charge on any atom is -1.00 e. The Kier molecular flexibility index (Phi) is 14.4. The van der Waals surface area contributed by atoms with Crippen molar-refractivity contribution in [2.24, 2.45) is 9.98 Å². The Hall–Kier alpha value is -0.601. The molecule has 0 aromatic carbocycles. The van der Waals surface area contributed by atoms with Crippen LogP contribution in [0.15, 0.2) is 28.2 Å². The van der Waals surface area contributed by atoms with Gasteiger partial charge in [0.1, 0.15) is 36.7 Å². The summed E-state index contributed by atoms with van der Waals surface area (Å²) in [6.45, 7) is 2.11. The minimum atomic E-state index is 0. The molecule has 0 saturated carbocycles. The minimum absolute atomic E-state index is 0. The third-order valence-electron chi connectivity index (χ3n) is 3.33. The number of ether oxygens (including phenoxy) is 4. The predicted octanol–water partition coefficient (Wildman–Crippen LogP) is -8.33. The SMILES string of the molecule is COCC1COC(c2cccc(C3=NC(COC)CO3)n2)=N1.[Cl-].[Cl-].[Cl-].[Fe+3]. The summed E-state index contributed by atoms with van der Waals surface area (Å²) in [6, 6.07) is 5.66. The molecule has 0 spiro atoms. The van der Waals surface area contributed by atoms with Crippen LogP contribution in [0.5, 0.6) is 0 Å². The first kappa shape index (κ1) is 27.6. The van der Waals surface area contributed by atoms with Crippen LogP contribution in [0.3, 0.4) is 0 Å². The molecular weight excluding hydrogens is 448 g/mol. The number of aliphatic imine (C=N–C) groups is 2. The molecule has 1 aromatic heterocycles. The molecule has 147 valence electrons. The van der Waals surface area contributed by atoms with Crippen LogP contribution < -0.4 is 37.2 Å². The van der Waals surface area contributed by atoms with Crippen molar-refractivity contribution in [1.29, 1.82) is 0 Å². The normalized spacial score (nSPS) is 20.1. The van der Waals surface area contributed by atoms with Crippen molar-refractivity contribution in [3.05, 3.63) is 29.6 Å². The van der Waals surface area contributed by atoms with Gasteiger partial charge >= 0.3 is 17.1 Å². The van der Waals surface area contributed by atoms with E-state index in [9.17, 15) is 0 Å². The molecule has 2 unspecified atom stereocenters. The third-order valence-corrected chi connectivity index (χ3v) is 3.33. The Morgan fingerprint density at radius 3 is 1.69 bits per heavy atom. The molecule has 11 heteroatoms. The van der Waals surface area contributed by atoms with Crippen LogP contribution in [0.1, 0.15) is 11.4 Å². The molecule has 26 heavy (non-hydrogen) atoms. The number of aromatic nitrogens is 1. The monoisotopic (exact) mass is 466 g/mol. The van der Waals surface area contributed by atoms with Crippen LogP contribution in [-0.2, 0) is 36.0 Å². The zero-order chi connectivity index (χ0) is 15.4. The van der Waals surface area contributed by atoms with Crippen LogP contribution in [0.2, 0.25) is 0 Å². The van der Waals surface area contributed by atoms with Gasteiger partial charge in [0.25, 0.3) is 0 Å². The second kappa shape index (κ2) is 13.6. The van der Waals surface area contributed by atoms with E-state index in [1.165, 1.54) is 0 Å². The third kappa shape index (κ3) is 6.85. The average Bonchev–Trinajstić information content (AvgIpc) is 3.18. The van der Waals surface area contributed by atoms with Gasteiger partial charge in [0, 0.05) is 14.2 Å². The summed E-state index contributed by atoms with van der Waals surface area (Å²) < 4.78 is 21.4. The molecule has 2 atom stereocenters. The van der Waals surface area contributed by atoms with Crippen molar-refractivity contribution in [3.63, 3.8) is 0 Å². The van der Waals surface area contributed by atoms with Gasteiger partial charge in [0.15, 0.2) is 0 Å². The molecule has 0 fully saturated rings. The molecule has 0 saturated heterocycles. The first-order valence-corrected chi connectivity index (χ1v) is 7.17. The van der Waals surface area contributed by atoms with Gasteiger partial charge < -0.3 is 56.2 Å². The van der Waals surface area contributed by atoms with Gasteiger partial charge in [-0.1, -0.05) is 6.07 Å². The van der Waals surface area contributed by atoms with Crippen molar-refractivity contribution < 1.29 is 73.2 Å². The molecule has 2 aliphatic rings. The summed E-state index contributed by atoms with van der Waals surface area (Å²) in [6.07, 6.45) is 0. The Labute approximate surface area is 182 Å². The fourth-order valence-electron chi connectivity index (χ4n) is 2.34. The van der Waals surface area contributed by atoms with Crippen molar-refractivity contribution in [3.8, 4) is 0 Å². The summed E-state index contributed by atoms with van der Waals surface area (Å²) in [5, 5.41) is 0. The molecule has 0 aliphatic carbocycles. The number of methoxy groups -OCH3 is 2. The van der Waals surface area contributed by atoms with Crippen LogP contribution in [-0.4, -0.2) is 69.5 Å². The van der Waals surface area contributed by atoms with E-state index in [-0.39, 0.29) is 66.4 Å². The standard InChI is InChI=1S/C15H19N3O4.3ClH.Fe/c1-19-6-10-8-21-14(16-10)12-4-3-5-13(18-12)15-17-11(7-20-2)9-22-15;;;;/h3-5,10-11H,6-9H2,1-2H3;3*1H;/q;;;;+3/p-3. The predicted molar refractivity (Wildman–Crippen MR) is 80.5 cm³/mol. The molecule has 7 nitrogen and oxygen atoms in total. The van der Waals surface area contributed by atoms with Gasteiger partial charge in [-0.05, 0) is 12.1 Å². The summed E-state index contributed by atoms with van der Waals surface area (Å²) in [4.78, 5) is 13.5. The Bertz CT molecular complexity index is 560. The number of rotatable bonds is 6. The number of nitrogens with zero attached hydrogens (tertiary/aromatic N) is 3. The van der Waals surface area contributed by atoms with Crippen LogP contribution in [0.4, 0.5) is 0 Å². The summed E-state index contributed by atoms with van der Waals surface area (Å²) in [5.41, 5.74) is 1.36. The van der Waals surface area contributed by atoms with Crippen molar-refractivity contribution in [2.45, 2.75) is 12.1 Å². The van der Waals surface area contributed by atoms with E-state index in [2.05, 4.69) is 15.0 Å². The molecular formula is C15H19Cl3FeN3O4. The Balaban J connectivity index is 0. The maximum Gasteiger partial charge on any atom is 3.00 e. The number of halogens is 3. The Morgan fingerprint density at radius 1 is 0.885 bits per heavy atom. The van der Waals surface area contributed by atoms with Crippen molar-refractivity contribution in [1.82, 2.24) is 4.98 Å². The van der Waals surface area contributed by atoms with Gasteiger partial charge in [-0.25, -0.2) is 15.0 Å². The van der Waals surface area contributed by atoms with Crippen molar-refractivity contribution in [2.75, 3.05) is 40.6 Å². The van der Waals surface area contributed by atoms with E-state index < -0.39 is 0 Å². The molecule has 3 heterocycles. The first-order valence-electron chi connectivity index (χ1n) is 7.17. The maximum absolute atomic E-state index is 5.59. The summed E-state index contributed by atoms with van der Waals surface area (Å²) in [7, 11) is 3.30. The largest absolute Gasteiger partial charge is 3.00 e. The van der Waals surface area contributed by atoms with Gasteiger partial charge in [0.2, 0.25) is 11.8 Å². The van der Waals surface area contributed by atoms with Crippen LogP contribution in [0, 0.1) is 0 Å². The molecule has 0 N–H and O–H groups in total. The number of hydrogen-bond donors (Lipinski definition) is 0. The molecule has 1 aromatic rings. The van der Waals surface area contributed by atoms with Gasteiger partial charge in [0.05, 0.1) is 13.2 Å². The maximum atomic E-state index is 5.59. The van der Waals surface area contributed by atoms with Gasteiger partial charge in [-0.2, -0.15) is 0 Å². The van der Waals surface area contributed by atoms with Crippen molar-refractivity contribution >= 4 is 11.8 Å². The zero-order valence-corrected chi connectivity index (χ0v) is 17.5. The van der Waals surface area contributed by atoms with Crippen LogP contribution in [0.25, 0.3) is 0 Å². The first-order chi connectivity index (χ1) is 10.8. The fraction of sp³-hybridized carbons (Fsp3) is 0.533. The molecule has 2 aliphatic heterocycles. The van der Waals surface area contributed by atoms with E-state index in [0.717, 1.165) is 0 Å². The Morgan fingerprint density at radius 2 is 1.31 bits per heavy atom. The second-order valence-electron chi connectivity index (χ2n) is 5.12. The molecule has 0 bridgehead atoms. The van der Waals surface area contributed by atoms with E-state index in [1.54, 1.807) is 14.2 Å². The van der Waals surface area contributed by atoms with E-state index in [0.29, 0.717) is 49.6 Å². The molecule has 3 rings (SSSR count). The number of hydrogen-bond acceptors (Lipinski definition) is 7. The zero-order valence-electron chi connectivity index (χ0n) is 14.2. The van der Waals surface area contributed by atoms with Gasteiger partial charge in [-0.15, -0.1) is 0 Å². The average molecular weight is 468 g/mol. The topological polar surface area (TPSA) is 74.5 Å². The quantitative estimate of drug-likeness (QED) is 0.389. The smallest absolute Gasteiger partial charge is 1.00 e. The fourth-order valence-corrected chi connectivity index (χ4v) is 2.34. The molecule has 0 amide bonds. The van der Waals surface area contributed by atoms with E-state index in [4.69, 9.17) is 18.9 Å². The van der Waals surface area contributed by atoms with E-state index >= 15 is 0 Å².